The normalized spacial score (nSPS) is 14.8. The van der Waals surface area contributed by atoms with Crippen LogP contribution >= 0.6 is 0 Å². The number of amides is 2. The number of carbonyl (C=O) groups excluding carboxylic acids is 2. The summed E-state index contributed by atoms with van der Waals surface area (Å²) in [5.74, 6) is 1.21. The van der Waals surface area contributed by atoms with E-state index in [1.54, 1.807) is 37.3 Å². The summed E-state index contributed by atoms with van der Waals surface area (Å²) in [4.78, 5) is 26.8. The van der Waals surface area contributed by atoms with Gasteiger partial charge in [0, 0.05) is 26.1 Å². The Bertz CT molecular complexity index is 793. The van der Waals surface area contributed by atoms with Crippen LogP contribution in [0.4, 0.5) is 5.69 Å². The van der Waals surface area contributed by atoms with Crippen LogP contribution in [0.5, 0.6) is 5.75 Å². The van der Waals surface area contributed by atoms with Crippen LogP contribution in [0, 0.1) is 5.92 Å². The van der Waals surface area contributed by atoms with Crippen molar-refractivity contribution >= 4 is 17.5 Å². The highest BCUT2D eigenvalue weighted by molar-refractivity contribution is 5.95. The van der Waals surface area contributed by atoms with Gasteiger partial charge in [-0.2, -0.15) is 0 Å². The van der Waals surface area contributed by atoms with Crippen molar-refractivity contribution in [3.8, 4) is 5.75 Å². The van der Waals surface area contributed by atoms with Crippen LogP contribution in [0.3, 0.4) is 0 Å². The summed E-state index contributed by atoms with van der Waals surface area (Å²) in [5.41, 5.74) is 0.657. The molecule has 2 heterocycles. The monoisotopic (exact) mass is 372 g/mol. The van der Waals surface area contributed by atoms with Crippen LogP contribution in [0.25, 0.3) is 0 Å². The average Bonchev–Trinajstić information content (AvgIpc) is 3.17. The van der Waals surface area contributed by atoms with E-state index in [-0.39, 0.29) is 17.7 Å². The van der Waals surface area contributed by atoms with Crippen molar-refractivity contribution in [2.75, 3.05) is 32.6 Å². The zero-order chi connectivity index (χ0) is 19.2. The summed E-state index contributed by atoms with van der Waals surface area (Å²) in [6.07, 6.45) is 1.22. The van der Waals surface area contributed by atoms with Crippen molar-refractivity contribution in [2.24, 2.45) is 5.92 Å². The molecule has 2 amide bonds. The van der Waals surface area contributed by atoms with Crippen molar-refractivity contribution in [3.05, 3.63) is 47.9 Å². The third-order valence-electron chi connectivity index (χ3n) is 4.68. The molecule has 1 aliphatic rings. The lowest BCUT2D eigenvalue weighted by Gasteiger charge is -2.30. The fourth-order valence-electron chi connectivity index (χ4n) is 3.20. The number of para-hydroxylation sites is 2. The van der Waals surface area contributed by atoms with Gasteiger partial charge in [0.05, 0.1) is 12.8 Å². The van der Waals surface area contributed by atoms with E-state index in [4.69, 9.17) is 13.9 Å². The Hall–Kier alpha value is -2.80. The Morgan fingerprint density at radius 1 is 1.15 bits per heavy atom. The lowest BCUT2D eigenvalue weighted by Crippen LogP contribution is -2.41. The quantitative estimate of drug-likeness (QED) is 0.843. The third kappa shape index (κ3) is 4.49. The third-order valence-corrected chi connectivity index (χ3v) is 4.68. The number of nitrogens with zero attached hydrogens (tertiary/aromatic N) is 1. The van der Waals surface area contributed by atoms with Gasteiger partial charge in [0.2, 0.25) is 5.91 Å². The van der Waals surface area contributed by atoms with Gasteiger partial charge in [-0.1, -0.05) is 12.1 Å². The molecule has 1 aliphatic heterocycles. The van der Waals surface area contributed by atoms with Gasteiger partial charge in [0.1, 0.15) is 18.1 Å². The minimum atomic E-state index is -0.152. The molecular weight excluding hydrogens is 348 g/mol. The molecule has 27 heavy (non-hydrogen) atoms. The van der Waals surface area contributed by atoms with E-state index >= 15 is 0 Å². The molecule has 7 nitrogen and oxygen atoms in total. The van der Waals surface area contributed by atoms with E-state index in [1.807, 2.05) is 18.2 Å². The van der Waals surface area contributed by atoms with Crippen LogP contribution < -0.4 is 10.1 Å². The molecule has 1 aromatic carbocycles. The van der Waals surface area contributed by atoms with Gasteiger partial charge >= 0.3 is 0 Å². The number of carbonyl (C=O) groups is 2. The molecule has 0 spiro atoms. The Morgan fingerprint density at radius 2 is 1.89 bits per heavy atom. The summed E-state index contributed by atoms with van der Waals surface area (Å²) in [6, 6.07) is 10.7. The van der Waals surface area contributed by atoms with Gasteiger partial charge in [-0.3, -0.25) is 9.59 Å². The number of furan rings is 1. The SMILES string of the molecule is COCc1ccc(C(=O)N2CCC(C(=O)Nc3ccccc3OC)CC2)o1. The molecule has 144 valence electrons. The van der Waals surface area contributed by atoms with Gasteiger partial charge in [0.25, 0.3) is 5.91 Å². The molecule has 1 fully saturated rings. The molecule has 2 aromatic rings. The molecule has 0 atom stereocenters. The molecule has 0 saturated carbocycles. The lowest BCUT2D eigenvalue weighted by atomic mass is 9.95. The average molecular weight is 372 g/mol. The van der Waals surface area contributed by atoms with Crippen molar-refractivity contribution < 1.29 is 23.5 Å². The van der Waals surface area contributed by atoms with Crippen molar-refractivity contribution in [3.63, 3.8) is 0 Å². The highest BCUT2D eigenvalue weighted by Gasteiger charge is 2.29. The summed E-state index contributed by atoms with van der Waals surface area (Å²) in [5, 5.41) is 2.92. The fraction of sp³-hybridized carbons (Fsp3) is 0.400. The van der Waals surface area contributed by atoms with E-state index in [0.29, 0.717) is 55.5 Å². The zero-order valence-corrected chi connectivity index (χ0v) is 15.6. The van der Waals surface area contributed by atoms with Gasteiger partial charge in [-0.05, 0) is 37.1 Å². The molecule has 1 N–H and O–H groups in total. The molecule has 0 aliphatic carbocycles. The maximum absolute atomic E-state index is 12.6. The second kappa shape index (κ2) is 8.73. The summed E-state index contributed by atoms with van der Waals surface area (Å²) >= 11 is 0. The maximum Gasteiger partial charge on any atom is 0.289 e. The predicted molar refractivity (Wildman–Crippen MR) is 99.7 cm³/mol. The zero-order valence-electron chi connectivity index (χ0n) is 15.6. The number of hydrogen-bond donors (Lipinski definition) is 1. The van der Waals surface area contributed by atoms with Crippen LogP contribution in [0.15, 0.2) is 40.8 Å². The summed E-state index contributed by atoms with van der Waals surface area (Å²) in [7, 11) is 3.15. The van der Waals surface area contributed by atoms with E-state index in [9.17, 15) is 9.59 Å². The van der Waals surface area contributed by atoms with E-state index in [0.717, 1.165) is 0 Å². The number of likely N-dealkylation sites (tertiary alicyclic amines) is 1. The molecular formula is C20H24N2O5. The van der Waals surface area contributed by atoms with Gasteiger partial charge < -0.3 is 24.1 Å². The molecule has 0 radical (unpaired) electrons. The second-order valence-corrected chi connectivity index (χ2v) is 6.45. The number of rotatable bonds is 6. The van der Waals surface area contributed by atoms with E-state index in [2.05, 4.69) is 5.32 Å². The number of nitrogens with one attached hydrogen (secondary N) is 1. The molecule has 1 saturated heterocycles. The molecule has 0 bridgehead atoms. The molecule has 0 unspecified atom stereocenters. The fourth-order valence-corrected chi connectivity index (χ4v) is 3.20. The minimum absolute atomic E-state index is 0.0491. The minimum Gasteiger partial charge on any atom is -0.495 e. The first-order valence-electron chi connectivity index (χ1n) is 8.93. The van der Waals surface area contributed by atoms with Crippen molar-refractivity contribution in [1.29, 1.82) is 0 Å². The van der Waals surface area contributed by atoms with Gasteiger partial charge in [-0.15, -0.1) is 0 Å². The highest BCUT2D eigenvalue weighted by atomic mass is 16.5. The molecule has 1 aromatic heterocycles. The Morgan fingerprint density at radius 3 is 2.59 bits per heavy atom. The standard InChI is InChI=1S/C20H24N2O5/c1-25-13-15-7-8-18(27-15)20(24)22-11-9-14(10-12-22)19(23)21-16-5-3-4-6-17(16)26-2/h3-8,14H,9-13H2,1-2H3,(H,21,23). The predicted octanol–water partition coefficient (Wildman–Crippen LogP) is 2.93. The first kappa shape index (κ1) is 19.0. The first-order valence-corrected chi connectivity index (χ1v) is 8.93. The first-order chi connectivity index (χ1) is 13.1. The summed E-state index contributed by atoms with van der Waals surface area (Å²) < 4.78 is 15.8. The number of anilines is 1. The van der Waals surface area contributed by atoms with Gasteiger partial charge in [0.15, 0.2) is 5.76 Å². The lowest BCUT2D eigenvalue weighted by molar-refractivity contribution is -0.121. The Kier molecular flexibility index (Phi) is 6.13. The smallest absolute Gasteiger partial charge is 0.289 e. The Balaban J connectivity index is 1.54. The van der Waals surface area contributed by atoms with Crippen molar-refractivity contribution in [2.45, 2.75) is 19.4 Å². The molecule has 7 heteroatoms. The second-order valence-electron chi connectivity index (χ2n) is 6.45. The van der Waals surface area contributed by atoms with Crippen LogP contribution in [-0.4, -0.2) is 44.0 Å². The highest BCUT2D eigenvalue weighted by Crippen LogP contribution is 2.26. The number of benzene rings is 1. The topological polar surface area (TPSA) is 81.0 Å². The number of ether oxygens (including phenoxy) is 2. The number of hydrogen-bond acceptors (Lipinski definition) is 5. The number of piperidine rings is 1. The van der Waals surface area contributed by atoms with E-state index in [1.165, 1.54) is 0 Å². The summed E-state index contributed by atoms with van der Waals surface area (Å²) in [6.45, 7) is 1.37. The van der Waals surface area contributed by atoms with E-state index < -0.39 is 0 Å². The van der Waals surface area contributed by atoms with Crippen molar-refractivity contribution in [1.82, 2.24) is 4.90 Å². The van der Waals surface area contributed by atoms with Crippen LogP contribution in [0.1, 0.15) is 29.2 Å². The van der Waals surface area contributed by atoms with Crippen LogP contribution in [0.2, 0.25) is 0 Å². The number of methoxy groups -OCH3 is 2. The largest absolute Gasteiger partial charge is 0.495 e. The van der Waals surface area contributed by atoms with Gasteiger partial charge in [-0.25, -0.2) is 0 Å². The van der Waals surface area contributed by atoms with Crippen LogP contribution in [-0.2, 0) is 16.1 Å². The maximum atomic E-state index is 12.6. The Labute approximate surface area is 158 Å². The molecule has 3 rings (SSSR count).